The van der Waals surface area contributed by atoms with E-state index in [2.05, 4.69) is 21.4 Å². The van der Waals surface area contributed by atoms with Crippen molar-refractivity contribution >= 4 is 48.7 Å². The van der Waals surface area contributed by atoms with Gasteiger partial charge >= 0.3 is 37.2 Å². The summed E-state index contributed by atoms with van der Waals surface area (Å²) >= 11 is 0. The molecule has 0 aromatic heterocycles. The number of esters is 1. The predicted octanol–water partition coefficient (Wildman–Crippen LogP) is -1.47. The Morgan fingerprint density at radius 1 is 0.674 bits per heavy atom. The standard InChI is InChI=1S/C54H84O32S3/c1-22(2)16-24(55)17-53(8)44-27(56)18-52(7)26-10-11-31-50(4,5)32(13-14-51(31,6)25(26)12-15-54(44,52)49(64)85-53)81-48-43(35(59)30(19-75-48)86-89(71,72)73)84-45-37(61)36(60)40(23(3)78-45)82-47-39(63)42(34(58)29(80-47)21-77-88(68,69)70)83-46-38(62)41(74-9)33(57)28(79-46)20-76-87(65,66)67/h10,22-23,25,28-48,57-63H,11-21H2,1-9H3,(H,65,66,67)(H,68,69,70)(H,71,72,73). The maximum Gasteiger partial charge on any atom is 0.397 e. The van der Waals surface area contributed by atoms with E-state index < -0.39 is 213 Å². The molecule has 8 fully saturated rings. The second-order valence-corrected chi connectivity index (χ2v) is 30.1. The Labute approximate surface area is 514 Å². The van der Waals surface area contributed by atoms with Crippen LogP contribution in [0, 0.1) is 45.3 Å². The van der Waals surface area contributed by atoms with E-state index in [-0.39, 0.29) is 48.6 Å². The molecule has 510 valence electrons. The number of cyclic esters (lactones) is 1. The first-order valence-corrected chi connectivity index (χ1v) is 33.6. The zero-order valence-corrected chi connectivity index (χ0v) is 52.8. The van der Waals surface area contributed by atoms with E-state index >= 15 is 0 Å². The second-order valence-electron chi connectivity index (χ2n) is 26.8. The molecule has 0 bridgehead atoms. The number of carbonyl (C=O) groups excluding carboxylic acids is 3. The molecular formula is C54H84O32S3. The molecule has 89 heavy (non-hydrogen) atoms. The molecule has 4 aliphatic carbocycles. The highest BCUT2D eigenvalue weighted by Gasteiger charge is 2.79. The normalized spacial score (nSPS) is 46.7. The van der Waals surface area contributed by atoms with Crippen LogP contribution in [0.4, 0.5) is 0 Å². The highest BCUT2D eigenvalue weighted by molar-refractivity contribution is 7.81. The van der Waals surface area contributed by atoms with Gasteiger partial charge in [0.25, 0.3) is 0 Å². The van der Waals surface area contributed by atoms with Gasteiger partial charge in [-0.15, -0.1) is 0 Å². The zero-order valence-electron chi connectivity index (χ0n) is 50.4. The topological polar surface area (TPSA) is 476 Å². The fraction of sp³-hybridized carbons (Fsp3) is 0.907. The van der Waals surface area contributed by atoms with Crippen molar-refractivity contribution in [1.29, 1.82) is 0 Å². The lowest BCUT2D eigenvalue weighted by Gasteiger charge is -2.63. The van der Waals surface area contributed by atoms with Crippen LogP contribution >= 0.6 is 0 Å². The summed E-state index contributed by atoms with van der Waals surface area (Å²) in [5.41, 5.74) is -3.48. The molecular weight excluding hydrogens is 1260 g/mol. The van der Waals surface area contributed by atoms with Crippen molar-refractivity contribution in [3.8, 4) is 0 Å². The van der Waals surface area contributed by atoms with Crippen LogP contribution in [0.5, 0.6) is 0 Å². The Bertz CT molecular complexity index is 3000. The average Bonchev–Trinajstić information content (AvgIpc) is 1.53. The number of Topliss-reactive ketones (excluding diaryl/α,β-unsaturated/α-hetero) is 2. The predicted molar refractivity (Wildman–Crippen MR) is 292 cm³/mol. The van der Waals surface area contributed by atoms with Crippen LogP contribution < -0.4 is 0 Å². The largest absolute Gasteiger partial charge is 0.458 e. The van der Waals surface area contributed by atoms with Crippen LogP contribution in [-0.2, 0) is 105 Å². The summed E-state index contributed by atoms with van der Waals surface area (Å²) in [6.07, 6.45) is -32.8. The van der Waals surface area contributed by atoms with Crippen LogP contribution in [0.1, 0.15) is 107 Å². The minimum atomic E-state index is -5.26. The van der Waals surface area contributed by atoms with Crippen molar-refractivity contribution in [2.24, 2.45) is 45.3 Å². The van der Waals surface area contributed by atoms with Gasteiger partial charge in [-0.2, -0.15) is 25.3 Å². The van der Waals surface area contributed by atoms with Gasteiger partial charge in [0.2, 0.25) is 0 Å². The van der Waals surface area contributed by atoms with E-state index in [4.69, 9.17) is 56.1 Å². The van der Waals surface area contributed by atoms with Gasteiger partial charge < -0.3 is 83.1 Å². The number of carbonyl (C=O) groups is 3. The highest BCUT2D eigenvalue weighted by atomic mass is 32.3. The first-order valence-electron chi connectivity index (χ1n) is 29.5. The fourth-order valence-electron chi connectivity index (χ4n) is 16.5. The number of rotatable bonds is 21. The highest BCUT2D eigenvalue weighted by Crippen LogP contribution is 2.75. The van der Waals surface area contributed by atoms with Crippen molar-refractivity contribution in [3.63, 3.8) is 0 Å². The molecule has 32 nitrogen and oxygen atoms in total. The Balaban J connectivity index is 0.918. The van der Waals surface area contributed by atoms with E-state index in [0.29, 0.717) is 32.1 Å². The number of methoxy groups -OCH3 is 1. The lowest BCUT2D eigenvalue weighted by molar-refractivity contribution is -0.389. The average molecular weight is 1340 g/mol. The molecule has 3 saturated carbocycles. The number of aliphatic hydroxyl groups excluding tert-OH is 7. The number of aliphatic hydroxyl groups is 7. The third-order valence-corrected chi connectivity index (χ3v) is 21.8. The smallest absolute Gasteiger partial charge is 0.397 e. The summed E-state index contributed by atoms with van der Waals surface area (Å²) in [5.74, 6) is -1.57. The monoisotopic (exact) mass is 1340 g/mol. The molecule has 27 unspecified atom stereocenters. The van der Waals surface area contributed by atoms with E-state index in [1.165, 1.54) is 6.92 Å². The number of ketones is 2. The summed E-state index contributed by atoms with van der Waals surface area (Å²) in [4.78, 5) is 42.0. The number of allylic oxidation sites excluding steroid dienone is 2. The molecule has 0 radical (unpaired) electrons. The molecule has 35 heteroatoms. The lowest BCUT2D eigenvalue weighted by Crippen LogP contribution is -2.67. The van der Waals surface area contributed by atoms with Crippen LogP contribution in [0.2, 0.25) is 0 Å². The molecule has 0 amide bonds. The van der Waals surface area contributed by atoms with Crippen LogP contribution in [0.3, 0.4) is 0 Å². The van der Waals surface area contributed by atoms with Crippen LogP contribution in [0.15, 0.2) is 11.6 Å². The summed E-state index contributed by atoms with van der Waals surface area (Å²) in [7, 11) is -14.6. The summed E-state index contributed by atoms with van der Waals surface area (Å²) in [6.45, 7) is 12.0. The number of hydrogen-bond acceptors (Lipinski definition) is 29. The summed E-state index contributed by atoms with van der Waals surface area (Å²) in [5, 5.41) is 80.2. The quantitative estimate of drug-likeness (QED) is 0.0356. The first-order chi connectivity index (χ1) is 41.1. The molecule has 0 aromatic carbocycles. The van der Waals surface area contributed by atoms with E-state index in [1.54, 1.807) is 6.92 Å². The van der Waals surface area contributed by atoms with Gasteiger partial charge in [0.05, 0.1) is 43.4 Å². The minimum absolute atomic E-state index is 0.0561. The van der Waals surface area contributed by atoms with Gasteiger partial charge in [-0.1, -0.05) is 53.2 Å². The molecule has 5 heterocycles. The molecule has 9 rings (SSSR count). The molecule has 5 aliphatic heterocycles. The Kier molecular flexibility index (Phi) is 20.4. The molecule has 10 N–H and O–H groups in total. The second kappa shape index (κ2) is 25.6. The Morgan fingerprint density at radius 3 is 1.81 bits per heavy atom. The molecule has 1 spiro atoms. The third kappa shape index (κ3) is 13.5. The third-order valence-electron chi connectivity index (χ3n) is 20.4. The van der Waals surface area contributed by atoms with Gasteiger partial charge in [0.1, 0.15) is 103 Å². The maximum atomic E-state index is 14.4. The van der Waals surface area contributed by atoms with Crippen LogP contribution in [-0.4, -0.2) is 248 Å². The zero-order chi connectivity index (χ0) is 65.8. The summed E-state index contributed by atoms with van der Waals surface area (Å²) < 4.78 is 171. The maximum absolute atomic E-state index is 14.4. The van der Waals surface area contributed by atoms with E-state index in [9.17, 15) is 84.5 Å². The van der Waals surface area contributed by atoms with Gasteiger partial charge in [-0.25, -0.2) is 12.5 Å². The lowest BCUT2D eigenvalue weighted by atomic mass is 9.41. The molecule has 5 saturated heterocycles. The Morgan fingerprint density at radius 2 is 1.24 bits per heavy atom. The van der Waals surface area contributed by atoms with Crippen LogP contribution in [0.25, 0.3) is 0 Å². The van der Waals surface area contributed by atoms with Crippen molar-refractivity contribution in [2.75, 3.05) is 26.9 Å². The SMILES string of the molecule is COC1C(O)C(COS(=O)(=O)O)OC(OC2C(O)C(COS(=O)(=O)O)OC(OC3C(C)OC(OC4C(OC5CCC6(C)C7CCC89C(=O)OC(C)(CC(=O)CC(C)C)C8C(=O)CC9(C)C7=CCC6C5(C)C)OCC(OS(=O)(=O)O)C4O)C(O)C3O)C2O)C1O. The van der Waals surface area contributed by atoms with Crippen molar-refractivity contribution in [3.05, 3.63) is 11.6 Å². The van der Waals surface area contributed by atoms with E-state index in [0.717, 1.165) is 12.7 Å². The molecule has 9 aliphatic rings. The molecule has 27 atom stereocenters. The van der Waals surface area contributed by atoms with Gasteiger partial charge in [-0.05, 0) is 74.5 Å². The van der Waals surface area contributed by atoms with Crippen molar-refractivity contribution in [1.82, 2.24) is 0 Å². The van der Waals surface area contributed by atoms with Gasteiger partial charge in [-0.3, -0.25) is 28.0 Å². The number of fused-ring (bicyclic) bond motifs is 4. The number of ether oxygens (including phenoxy) is 10. The van der Waals surface area contributed by atoms with Crippen molar-refractivity contribution in [2.45, 2.75) is 235 Å². The number of hydrogen-bond donors (Lipinski definition) is 10. The Hall–Kier alpha value is -2.48. The van der Waals surface area contributed by atoms with E-state index in [1.807, 2.05) is 34.6 Å². The van der Waals surface area contributed by atoms with Crippen molar-refractivity contribution < 1.29 is 149 Å². The fourth-order valence-corrected chi connectivity index (χ4v) is 17.5. The summed E-state index contributed by atoms with van der Waals surface area (Å²) in [6, 6.07) is 0. The molecule has 0 aromatic rings. The van der Waals surface area contributed by atoms with Gasteiger partial charge in [0.15, 0.2) is 25.2 Å². The minimum Gasteiger partial charge on any atom is -0.458 e. The first kappa shape index (κ1) is 70.8. The van der Waals surface area contributed by atoms with Gasteiger partial charge in [0, 0.05) is 31.8 Å².